The third-order valence-corrected chi connectivity index (χ3v) is 12.7. The highest BCUT2D eigenvalue weighted by Crippen LogP contribution is 2.43. The number of thiophene rings is 2. The molecule has 4 aromatic heterocycles. The number of aromatic amines is 2. The molecule has 2 saturated heterocycles. The standard InChI is InChI=1S/C38H46N8O6S2/c1-19(2)31(43-37(49)51-5)35(47)45-13-7-9-25(45)33-39-18-24(42-33)28-17-30-29(54-28)16-27(53-30)21-11-12-22-23(15-21)41-34(40-22)26-10-8-14-46(26)36(48)32(20(3)4)44-38(50)52-6/h11-12,15-20,25-26,31-32H,7-10,13-14H2,1-6H3,(H,39,42)(H,40,41)(H,43,49)(H,44,50)/t25-,26?,31-,32?/m1/s1. The van der Waals surface area contributed by atoms with E-state index in [1.165, 1.54) is 23.6 Å². The molecule has 4 amide bonds. The van der Waals surface area contributed by atoms with Gasteiger partial charge < -0.3 is 39.9 Å². The molecule has 0 bridgehead atoms. The zero-order valence-electron chi connectivity index (χ0n) is 31.2. The van der Waals surface area contributed by atoms with E-state index in [4.69, 9.17) is 19.4 Å². The number of likely N-dealkylation sites (tertiary alicyclic amines) is 2. The first-order chi connectivity index (χ1) is 25.9. The van der Waals surface area contributed by atoms with Gasteiger partial charge in [-0.05, 0) is 67.3 Å². The summed E-state index contributed by atoms with van der Waals surface area (Å²) in [6.45, 7) is 8.82. The fourth-order valence-corrected chi connectivity index (χ4v) is 9.83. The number of alkyl carbamates (subject to hydrolysis) is 2. The summed E-state index contributed by atoms with van der Waals surface area (Å²) in [6, 6.07) is 8.81. The predicted octanol–water partition coefficient (Wildman–Crippen LogP) is 6.98. The molecule has 0 saturated carbocycles. The smallest absolute Gasteiger partial charge is 0.407 e. The minimum absolute atomic E-state index is 0.102. The van der Waals surface area contributed by atoms with E-state index in [-0.39, 0.29) is 35.7 Å². The lowest BCUT2D eigenvalue weighted by molar-refractivity contribution is -0.136. The molecule has 5 aromatic rings. The molecule has 4 N–H and O–H groups in total. The lowest BCUT2D eigenvalue weighted by Gasteiger charge is -2.30. The predicted molar refractivity (Wildman–Crippen MR) is 208 cm³/mol. The molecule has 2 aliphatic rings. The normalized spacial score (nSPS) is 18.5. The highest BCUT2D eigenvalue weighted by molar-refractivity contribution is 7.31. The molecule has 2 aliphatic heterocycles. The summed E-state index contributed by atoms with van der Waals surface area (Å²) in [6.07, 6.45) is 3.87. The first-order valence-corrected chi connectivity index (χ1v) is 20.0. The number of nitrogens with one attached hydrogen (secondary N) is 4. The van der Waals surface area contributed by atoms with E-state index >= 15 is 0 Å². The van der Waals surface area contributed by atoms with E-state index in [2.05, 4.69) is 44.9 Å². The van der Waals surface area contributed by atoms with Crippen LogP contribution < -0.4 is 10.6 Å². The van der Waals surface area contributed by atoms with E-state index in [1.54, 1.807) is 22.7 Å². The molecule has 2 unspecified atom stereocenters. The van der Waals surface area contributed by atoms with Crippen LogP contribution in [0.1, 0.15) is 77.1 Å². The quantitative estimate of drug-likeness (QED) is 0.118. The van der Waals surface area contributed by atoms with Gasteiger partial charge in [0.15, 0.2) is 0 Å². The Labute approximate surface area is 321 Å². The van der Waals surface area contributed by atoms with Crippen LogP contribution in [-0.2, 0) is 19.1 Å². The monoisotopic (exact) mass is 774 g/mol. The Morgan fingerprint density at radius 1 is 0.778 bits per heavy atom. The van der Waals surface area contributed by atoms with E-state index in [1.807, 2.05) is 49.8 Å². The lowest BCUT2D eigenvalue weighted by atomic mass is 10.0. The molecule has 54 heavy (non-hydrogen) atoms. The van der Waals surface area contributed by atoms with Crippen LogP contribution in [0.25, 0.3) is 41.4 Å². The molecule has 7 rings (SSSR count). The highest BCUT2D eigenvalue weighted by atomic mass is 32.1. The number of carbonyl (C=O) groups excluding carboxylic acids is 4. The Bertz CT molecular complexity index is 2150. The van der Waals surface area contributed by atoms with Gasteiger partial charge in [0.25, 0.3) is 0 Å². The average molecular weight is 775 g/mol. The van der Waals surface area contributed by atoms with Crippen LogP contribution in [0.5, 0.6) is 0 Å². The van der Waals surface area contributed by atoms with Crippen LogP contribution in [0.2, 0.25) is 0 Å². The van der Waals surface area contributed by atoms with Crippen molar-refractivity contribution in [2.75, 3.05) is 27.3 Å². The number of carbonyl (C=O) groups is 4. The average Bonchev–Trinajstić information content (AvgIpc) is 3.99. The van der Waals surface area contributed by atoms with Crippen molar-refractivity contribution in [2.45, 2.75) is 77.5 Å². The van der Waals surface area contributed by atoms with Gasteiger partial charge in [-0.15, -0.1) is 22.7 Å². The lowest BCUT2D eigenvalue weighted by Crippen LogP contribution is -2.51. The van der Waals surface area contributed by atoms with Crippen LogP contribution in [0.3, 0.4) is 0 Å². The summed E-state index contributed by atoms with van der Waals surface area (Å²) in [5.41, 5.74) is 3.71. The van der Waals surface area contributed by atoms with E-state index in [0.717, 1.165) is 69.4 Å². The number of aromatic nitrogens is 4. The first kappa shape index (κ1) is 37.4. The number of H-pyrrole nitrogens is 2. The van der Waals surface area contributed by atoms with Crippen molar-refractivity contribution >= 4 is 67.1 Å². The van der Waals surface area contributed by atoms with Crippen LogP contribution in [0.4, 0.5) is 9.59 Å². The van der Waals surface area contributed by atoms with Crippen LogP contribution in [0.15, 0.2) is 36.5 Å². The third-order valence-electron chi connectivity index (χ3n) is 10.3. The molecule has 6 heterocycles. The maximum Gasteiger partial charge on any atom is 0.407 e. The summed E-state index contributed by atoms with van der Waals surface area (Å²) in [7, 11) is 2.58. The Hall–Kier alpha value is -4.96. The van der Waals surface area contributed by atoms with Crippen LogP contribution >= 0.6 is 22.7 Å². The third kappa shape index (κ3) is 7.28. The van der Waals surface area contributed by atoms with Gasteiger partial charge in [0.2, 0.25) is 11.8 Å². The second-order valence-electron chi connectivity index (χ2n) is 14.6. The summed E-state index contributed by atoms with van der Waals surface area (Å²) < 4.78 is 11.9. The Morgan fingerprint density at radius 2 is 1.33 bits per heavy atom. The largest absolute Gasteiger partial charge is 0.453 e. The summed E-state index contributed by atoms with van der Waals surface area (Å²) >= 11 is 3.41. The van der Waals surface area contributed by atoms with Gasteiger partial charge in [0.05, 0.1) is 54.1 Å². The summed E-state index contributed by atoms with van der Waals surface area (Å²) in [5, 5.41) is 5.41. The van der Waals surface area contributed by atoms with Gasteiger partial charge >= 0.3 is 12.2 Å². The van der Waals surface area contributed by atoms with E-state index < -0.39 is 24.3 Å². The van der Waals surface area contributed by atoms with Gasteiger partial charge in [-0.3, -0.25) is 9.59 Å². The molecule has 286 valence electrons. The number of benzene rings is 1. The van der Waals surface area contributed by atoms with E-state index in [9.17, 15) is 19.2 Å². The Balaban J connectivity index is 1.06. The Morgan fingerprint density at radius 3 is 1.91 bits per heavy atom. The maximum absolute atomic E-state index is 13.6. The van der Waals surface area contributed by atoms with Crippen molar-refractivity contribution in [3.05, 3.63) is 48.2 Å². The summed E-state index contributed by atoms with van der Waals surface area (Å²) in [5.74, 6) is 1.01. The number of hydrogen-bond acceptors (Lipinski definition) is 10. The number of hydrogen-bond donors (Lipinski definition) is 4. The van der Waals surface area contributed by atoms with Crippen molar-refractivity contribution in [1.82, 2.24) is 40.4 Å². The molecular formula is C38H46N8O6S2. The topological polar surface area (TPSA) is 175 Å². The van der Waals surface area contributed by atoms with Gasteiger partial charge in [-0.25, -0.2) is 19.6 Å². The molecule has 0 aliphatic carbocycles. The molecule has 4 atom stereocenters. The zero-order valence-corrected chi connectivity index (χ0v) is 32.9. The minimum Gasteiger partial charge on any atom is -0.453 e. The molecule has 0 radical (unpaired) electrons. The van der Waals surface area contributed by atoms with Gasteiger partial charge in [0, 0.05) is 27.4 Å². The number of ether oxygens (including phenoxy) is 2. The molecular weight excluding hydrogens is 729 g/mol. The van der Waals surface area contributed by atoms with Gasteiger partial charge in [-0.1, -0.05) is 33.8 Å². The van der Waals surface area contributed by atoms with Gasteiger partial charge in [0.1, 0.15) is 23.7 Å². The number of fused-ring (bicyclic) bond motifs is 2. The second kappa shape index (κ2) is 15.4. The number of methoxy groups -OCH3 is 2. The maximum atomic E-state index is 13.6. The number of nitrogens with zero attached hydrogens (tertiary/aromatic N) is 4. The minimum atomic E-state index is -0.688. The number of rotatable bonds is 10. The first-order valence-electron chi connectivity index (χ1n) is 18.3. The molecule has 1 aromatic carbocycles. The SMILES string of the molecule is COC(=O)NC(C(=O)N1CCCC1c1nc2ccc(-c3cc4sc(-c5cnc([C@H]6CCCN6C(=O)[C@H](NC(=O)OC)C(C)C)[nH]5)cc4s3)cc2[nH]1)C(C)C. The Kier molecular flexibility index (Phi) is 10.7. The van der Waals surface area contributed by atoms with Crippen molar-refractivity contribution in [2.24, 2.45) is 11.8 Å². The molecule has 14 nitrogen and oxygen atoms in total. The van der Waals surface area contributed by atoms with Gasteiger partial charge in [-0.2, -0.15) is 0 Å². The second-order valence-corrected chi connectivity index (χ2v) is 16.7. The van der Waals surface area contributed by atoms with Crippen LogP contribution in [-0.4, -0.2) is 93.1 Å². The molecule has 0 spiro atoms. The zero-order chi connectivity index (χ0) is 38.3. The van der Waals surface area contributed by atoms with Crippen molar-refractivity contribution in [3.8, 4) is 21.0 Å². The fraction of sp³-hybridized carbons (Fsp3) is 0.474. The number of imidazole rings is 2. The van der Waals surface area contributed by atoms with Crippen molar-refractivity contribution in [1.29, 1.82) is 0 Å². The number of amides is 4. The van der Waals surface area contributed by atoms with Crippen molar-refractivity contribution in [3.63, 3.8) is 0 Å². The highest BCUT2D eigenvalue weighted by Gasteiger charge is 2.39. The fourth-order valence-electron chi connectivity index (χ4n) is 7.47. The molecule has 2 fully saturated rings. The van der Waals surface area contributed by atoms with Crippen molar-refractivity contribution < 1.29 is 28.7 Å². The molecule has 16 heteroatoms. The van der Waals surface area contributed by atoms with E-state index in [0.29, 0.717) is 13.1 Å². The van der Waals surface area contributed by atoms with Crippen LogP contribution in [0, 0.1) is 11.8 Å². The summed E-state index contributed by atoms with van der Waals surface area (Å²) in [4.78, 5) is 73.5.